The molecule has 0 saturated carbocycles. The van der Waals surface area contributed by atoms with Gasteiger partial charge in [0.25, 0.3) is 5.91 Å². The van der Waals surface area contributed by atoms with Gasteiger partial charge in [0.05, 0.1) is 31.1 Å². The van der Waals surface area contributed by atoms with E-state index in [4.69, 9.17) is 4.74 Å². The Morgan fingerprint density at radius 3 is 2.33 bits per heavy atom. The molecule has 8 heteroatoms. The lowest BCUT2D eigenvalue weighted by atomic mass is 10.1. The Kier molecular flexibility index (Phi) is 7.71. The van der Waals surface area contributed by atoms with E-state index in [9.17, 15) is 17.6 Å². The first-order chi connectivity index (χ1) is 15.7. The Hall–Kier alpha value is -3.39. The molecule has 0 aliphatic heterocycles. The topological polar surface area (TPSA) is 75.7 Å². The van der Waals surface area contributed by atoms with Crippen molar-refractivity contribution >= 4 is 21.6 Å². The summed E-state index contributed by atoms with van der Waals surface area (Å²) in [6.07, 6.45) is 1.08. The third-order valence-electron chi connectivity index (χ3n) is 5.10. The number of benzene rings is 3. The van der Waals surface area contributed by atoms with Crippen molar-refractivity contribution < 1.29 is 22.3 Å². The Bertz CT molecular complexity index is 1200. The maximum atomic E-state index is 13.4. The van der Waals surface area contributed by atoms with Crippen molar-refractivity contribution in [2.45, 2.75) is 26.4 Å². The maximum Gasteiger partial charge on any atom is 0.251 e. The standard InChI is InChI=1S/C25H27FN2O4S/c1-4-32-24-15-10-20(25(29)27-18(2)19-8-6-5-7-9-19)16-21(24)17-28(33(3,30)31)23-13-11-22(26)12-14-23/h5-16,18H,4,17H2,1-3H3,(H,27,29)/t18-/m1/s1. The molecule has 1 N–H and O–H groups in total. The van der Waals surface area contributed by atoms with Crippen LogP contribution < -0.4 is 14.4 Å². The van der Waals surface area contributed by atoms with Crippen molar-refractivity contribution in [2.75, 3.05) is 17.2 Å². The van der Waals surface area contributed by atoms with E-state index in [0.29, 0.717) is 29.2 Å². The van der Waals surface area contributed by atoms with E-state index in [-0.39, 0.29) is 18.5 Å². The normalized spacial score (nSPS) is 12.1. The molecule has 0 aromatic heterocycles. The van der Waals surface area contributed by atoms with Crippen LogP contribution >= 0.6 is 0 Å². The van der Waals surface area contributed by atoms with Crippen LogP contribution in [0.3, 0.4) is 0 Å². The fourth-order valence-corrected chi connectivity index (χ4v) is 4.29. The summed E-state index contributed by atoms with van der Waals surface area (Å²) in [7, 11) is -3.69. The van der Waals surface area contributed by atoms with Crippen LogP contribution in [-0.2, 0) is 16.6 Å². The van der Waals surface area contributed by atoms with Gasteiger partial charge in [-0.3, -0.25) is 9.10 Å². The number of nitrogens with zero attached hydrogens (tertiary/aromatic N) is 1. The summed E-state index contributed by atoms with van der Waals surface area (Å²) in [4.78, 5) is 12.9. The minimum Gasteiger partial charge on any atom is -0.494 e. The summed E-state index contributed by atoms with van der Waals surface area (Å²) in [5.74, 6) is -0.280. The van der Waals surface area contributed by atoms with Gasteiger partial charge < -0.3 is 10.1 Å². The first-order valence-electron chi connectivity index (χ1n) is 10.5. The third-order valence-corrected chi connectivity index (χ3v) is 6.24. The van der Waals surface area contributed by atoms with Gasteiger partial charge in [0.1, 0.15) is 11.6 Å². The summed E-state index contributed by atoms with van der Waals surface area (Å²) in [6, 6.07) is 19.5. The molecule has 0 bridgehead atoms. The molecule has 0 spiro atoms. The summed E-state index contributed by atoms with van der Waals surface area (Å²) in [5, 5.41) is 2.96. The van der Waals surface area contributed by atoms with Gasteiger partial charge in [-0.1, -0.05) is 30.3 Å². The molecule has 0 fully saturated rings. The molecule has 174 valence electrons. The fourth-order valence-electron chi connectivity index (χ4n) is 3.41. The molecule has 0 saturated heterocycles. The first-order valence-corrected chi connectivity index (χ1v) is 12.4. The van der Waals surface area contributed by atoms with Crippen LogP contribution in [0, 0.1) is 5.82 Å². The number of hydrogen-bond acceptors (Lipinski definition) is 4. The summed E-state index contributed by atoms with van der Waals surface area (Å²) in [6.45, 7) is 4.01. The highest BCUT2D eigenvalue weighted by Crippen LogP contribution is 2.27. The average molecular weight is 471 g/mol. The Morgan fingerprint density at radius 2 is 1.73 bits per heavy atom. The quantitative estimate of drug-likeness (QED) is 0.493. The zero-order chi connectivity index (χ0) is 24.0. The lowest BCUT2D eigenvalue weighted by Crippen LogP contribution is -2.30. The molecule has 0 unspecified atom stereocenters. The first kappa shape index (κ1) is 24.3. The Balaban J connectivity index is 1.91. The molecule has 0 heterocycles. The highest BCUT2D eigenvalue weighted by Gasteiger charge is 2.21. The zero-order valence-electron chi connectivity index (χ0n) is 18.8. The second-order valence-electron chi connectivity index (χ2n) is 7.61. The fraction of sp³-hybridized carbons (Fsp3) is 0.240. The van der Waals surface area contributed by atoms with Gasteiger partial charge in [0.15, 0.2) is 0 Å². The number of carbonyl (C=O) groups excluding carboxylic acids is 1. The van der Waals surface area contributed by atoms with Crippen molar-refractivity contribution in [3.05, 3.63) is 95.3 Å². The molecule has 33 heavy (non-hydrogen) atoms. The van der Waals surface area contributed by atoms with Gasteiger partial charge in [-0.15, -0.1) is 0 Å². The van der Waals surface area contributed by atoms with E-state index in [1.54, 1.807) is 18.2 Å². The molecule has 3 rings (SSSR count). The highest BCUT2D eigenvalue weighted by atomic mass is 32.2. The van der Waals surface area contributed by atoms with Crippen LogP contribution in [0.5, 0.6) is 5.75 Å². The van der Waals surface area contributed by atoms with Crippen LogP contribution in [0.2, 0.25) is 0 Å². The summed E-state index contributed by atoms with van der Waals surface area (Å²) < 4.78 is 45.3. The van der Waals surface area contributed by atoms with E-state index >= 15 is 0 Å². The predicted octanol–water partition coefficient (Wildman–Crippen LogP) is 4.68. The van der Waals surface area contributed by atoms with Gasteiger partial charge in [-0.05, 0) is 61.9 Å². The minimum absolute atomic E-state index is 0.0742. The minimum atomic E-state index is -3.69. The second kappa shape index (κ2) is 10.5. The van der Waals surface area contributed by atoms with E-state index in [1.165, 1.54) is 24.3 Å². The summed E-state index contributed by atoms with van der Waals surface area (Å²) >= 11 is 0. The number of sulfonamides is 1. The number of anilines is 1. The monoisotopic (exact) mass is 470 g/mol. The van der Waals surface area contributed by atoms with E-state index in [1.807, 2.05) is 44.2 Å². The molecule has 0 radical (unpaired) electrons. The zero-order valence-corrected chi connectivity index (χ0v) is 19.6. The Labute approximate surface area is 194 Å². The van der Waals surface area contributed by atoms with Crippen molar-refractivity contribution in [1.82, 2.24) is 5.32 Å². The van der Waals surface area contributed by atoms with E-state index < -0.39 is 15.8 Å². The Morgan fingerprint density at radius 1 is 1.06 bits per heavy atom. The largest absolute Gasteiger partial charge is 0.494 e. The van der Waals surface area contributed by atoms with Gasteiger partial charge in [-0.25, -0.2) is 12.8 Å². The number of amides is 1. The van der Waals surface area contributed by atoms with E-state index in [2.05, 4.69) is 5.32 Å². The lowest BCUT2D eigenvalue weighted by molar-refractivity contribution is 0.0939. The van der Waals surface area contributed by atoms with Crippen molar-refractivity contribution in [2.24, 2.45) is 0 Å². The molecule has 1 amide bonds. The number of rotatable bonds is 9. The number of halogens is 1. The van der Waals surface area contributed by atoms with Crippen LogP contribution in [0.25, 0.3) is 0 Å². The van der Waals surface area contributed by atoms with Crippen molar-refractivity contribution in [3.8, 4) is 5.75 Å². The lowest BCUT2D eigenvalue weighted by Gasteiger charge is -2.24. The van der Waals surface area contributed by atoms with Gasteiger partial charge >= 0.3 is 0 Å². The van der Waals surface area contributed by atoms with Gasteiger partial charge in [0, 0.05) is 11.1 Å². The van der Waals surface area contributed by atoms with Crippen molar-refractivity contribution in [1.29, 1.82) is 0 Å². The number of carbonyl (C=O) groups is 1. The SMILES string of the molecule is CCOc1ccc(C(=O)N[C@H](C)c2ccccc2)cc1CN(c1ccc(F)cc1)S(C)(=O)=O. The summed E-state index contributed by atoms with van der Waals surface area (Å²) in [5.41, 5.74) is 2.18. The average Bonchev–Trinajstić information content (AvgIpc) is 2.79. The molecular weight excluding hydrogens is 443 g/mol. The van der Waals surface area contributed by atoms with Crippen LogP contribution in [0.15, 0.2) is 72.8 Å². The molecule has 6 nitrogen and oxygen atoms in total. The molecule has 3 aromatic rings. The molecule has 3 aromatic carbocycles. The molecular formula is C25H27FN2O4S. The maximum absolute atomic E-state index is 13.4. The number of ether oxygens (including phenoxy) is 1. The molecule has 1 atom stereocenters. The van der Waals surface area contributed by atoms with Crippen LogP contribution in [0.1, 0.15) is 41.4 Å². The smallest absolute Gasteiger partial charge is 0.251 e. The van der Waals surface area contributed by atoms with Crippen molar-refractivity contribution in [3.63, 3.8) is 0 Å². The van der Waals surface area contributed by atoms with Gasteiger partial charge in [-0.2, -0.15) is 0 Å². The van der Waals surface area contributed by atoms with Crippen LogP contribution in [0.4, 0.5) is 10.1 Å². The second-order valence-corrected chi connectivity index (χ2v) is 9.51. The third kappa shape index (κ3) is 6.32. The highest BCUT2D eigenvalue weighted by molar-refractivity contribution is 7.92. The number of nitrogens with one attached hydrogen (secondary N) is 1. The van der Waals surface area contributed by atoms with Gasteiger partial charge in [0.2, 0.25) is 10.0 Å². The van der Waals surface area contributed by atoms with E-state index in [0.717, 1.165) is 16.1 Å². The predicted molar refractivity (Wildman–Crippen MR) is 127 cm³/mol. The van der Waals surface area contributed by atoms with Crippen LogP contribution in [-0.4, -0.2) is 27.2 Å². The molecule has 0 aliphatic carbocycles. The number of hydrogen-bond donors (Lipinski definition) is 1. The molecule has 0 aliphatic rings.